The third kappa shape index (κ3) is 3.73. The fourth-order valence-electron chi connectivity index (χ4n) is 4.63. The second-order valence-corrected chi connectivity index (χ2v) is 9.51. The van der Waals surface area contributed by atoms with Crippen LogP contribution in [0.2, 0.25) is 0 Å². The summed E-state index contributed by atoms with van der Waals surface area (Å²) in [6.07, 6.45) is -1.77. The van der Waals surface area contributed by atoms with Crippen LogP contribution in [0.1, 0.15) is 25.0 Å². The lowest BCUT2D eigenvalue weighted by atomic mass is 10.1. The highest BCUT2D eigenvalue weighted by Gasteiger charge is 2.36. The van der Waals surface area contributed by atoms with E-state index in [4.69, 9.17) is 4.74 Å². The molecule has 0 saturated carbocycles. The summed E-state index contributed by atoms with van der Waals surface area (Å²) >= 11 is 0. The number of ether oxygens (including phenoxy) is 1. The molecule has 2 aromatic carbocycles. The van der Waals surface area contributed by atoms with Crippen LogP contribution in [-0.4, -0.2) is 37.7 Å². The molecule has 0 atom stereocenters. The summed E-state index contributed by atoms with van der Waals surface area (Å²) in [6.45, 7) is 4.97. The first kappa shape index (κ1) is 22.4. The number of halogens is 3. The fraction of sp³-hybridized carbons (Fsp3) is 0.269. The highest BCUT2D eigenvalue weighted by atomic mass is 19.4. The maximum absolute atomic E-state index is 13.4. The Morgan fingerprint density at radius 2 is 1.92 bits per heavy atom. The Hall–Kier alpha value is -4.08. The Morgan fingerprint density at radius 3 is 2.75 bits per heavy atom. The van der Waals surface area contributed by atoms with Crippen LogP contribution in [-0.2, 0) is 18.1 Å². The number of anilines is 1. The summed E-state index contributed by atoms with van der Waals surface area (Å²) in [4.78, 5) is 17.1. The predicted octanol–water partition coefficient (Wildman–Crippen LogP) is 5.78. The molecular formula is C26H23F3N6O. The van der Waals surface area contributed by atoms with Crippen molar-refractivity contribution in [3.63, 3.8) is 0 Å². The van der Waals surface area contributed by atoms with Gasteiger partial charge in [-0.15, -0.1) is 0 Å². The lowest BCUT2D eigenvalue weighted by molar-refractivity contribution is -0.137. The number of nitrogens with one attached hydrogen (secondary N) is 2. The van der Waals surface area contributed by atoms with E-state index < -0.39 is 17.3 Å². The average molecular weight is 493 g/mol. The summed E-state index contributed by atoms with van der Waals surface area (Å²) in [6, 6.07) is 13.5. The average Bonchev–Trinajstić information content (AvgIpc) is 3.52. The van der Waals surface area contributed by atoms with Gasteiger partial charge in [-0.1, -0.05) is 30.3 Å². The van der Waals surface area contributed by atoms with Crippen molar-refractivity contribution in [1.82, 2.24) is 24.5 Å². The fourth-order valence-corrected chi connectivity index (χ4v) is 4.63. The third-order valence-electron chi connectivity index (χ3n) is 6.45. The molecule has 0 radical (unpaired) electrons. The van der Waals surface area contributed by atoms with Gasteiger partial charge in [-0.3, -0.25) is 4.57 Å². The van der Waals surface area contributed by atoms with Crippen molar-refractivity contribution >= 4 is 27.9 Å². The van der Waals surface area contributed by atoms with Crippen LogP contribution in [0.3, 0.4) is 0 Å². The van der Waals surface area contributed by atoms with Crippen LogP contribution in [0.4, 0.5) is 19.0 Å². The van der Waals surface area contributed by atoms with Gasteiger partial charge in [0, 0.05) is 29.2 Å². The molecule has 0 bridgehead atoms. The van der Waals surface area contributed by atoms with Crippen molar-refractivity contribution in [1.29, 1.82) is 0 Å². The van der Waals surface area contributed by atoms with Crippen molar-refractivity contribution in [2.75, 3.05) is 18.5 Å². The number of hydrogen-bond acceptors (Lipinski definition) is 5. The molecule has 0 spiro atoms. The van der Waals surface area contributed by atoms with Crippen molar-refractivity contribution < 1.29 is 17.9 Å². The molecule has 7 nitrogen and oxygen atoms in total. The maximum atomic E-state index is 13.4. The van der Waals surface area contributed by atoms with E-state index in [1.54, 1.807) is 6.07 Å². The molecule has 4 heterocycles. The Balaban J connectivity index is 1.40. The summed E-state index contributed by atoms with van der Waals surface area (Å²) in [7, 11) is 0. The Morgan fingerprint density at radius 1 is 1.08 bits per heavy atom. The van der Waals surface area contributed by atoms with Crippen molar-refractivity contribution in [2.45, 2.75) is 32.0 Å². The second-order valence-electron chi connectivity index (χ2n) is 9.51. The molecule has 3 aromatic heterocycles. The van der Waals surface area contributed by atoms with Gasteiger partial charge in [0.25, 0.3) is 6.01 Å². The number of aromatic amines is 1. The molecule has 1 aliphatic heterocycles. The van der Waals surface area contributed by atoms with E-state index in [0.29, 0.717) is 42.6 Å². The van der Waals surface area contributed by atoms with Crippen LogP contribution in [0.25, 0.3) is 33.5 Å². The van der Waals surface area contributed by atoms with Crippen molar-refractivity contribution in [3.05, 3.63) is 65.9 Å². The molecule has 2 N–H and O–H groups in total. The van der Waals surface area contributed by atoms with Crippen LogP contribution in [0.15, 0.2) is 54.7 Å². The standard InChI is InChI=1S/C26H23F3N6O/c1-25(2)14-36-24-32-20-22(30-11-10-16-13-31-19-9-4-3-8-18(16)19)33-21(34-23(20)35(24)25)15-6-5-7-17(12-15)26(27,28)29/h3-9,12-13,31H,10-11,14H2,1-2H3,(H,30,33,34). The van der Waals surface area contributed by atoms with Gasteiger partial charge >= 0.3 is 6.18 Å². The van der Waals surface area contributed by atoms with Crippen LogP contribution >= 0.6 is 0 Å². The largest absolute Gasteiger partial charge is 0.462 e. The number of imidazole rings is 1. The summed E-state index contributed by atoms with van der Waals surface area (Å²) in [5, 5.41) is 4.49. The number of hydrogen-bond donors (Lipinski definition) is 2. The van der Waals surface area contributed by atoms with Crippen molar-refractivity contribution in [3.8, 4) is 17.4 Å². The zero-order chi connectivity index (χ0) is 25.1. The van der Waals surface area contributed by atoms with Gasteiger partial charge in [0.2, 0.25) is 0 Å². The lowest BCUT2D eigenvalue weighted by Gasteiger charge is -2.18. The normalized spacial score (nSPS) is 14.8. The van der Waals surface area contributed by atoms with Gasteiger partial charge < -0.3 is 15.0 Å². The van der Waals surface area contributed by atoms with E-state index in [1.165, 1.54) is 6.07 Å². The smallest absolute Gasteiger partial charge is 0.416 e. The van der Waals surface area contributed by atoms with Gasteiger partial charge in [0.1, 0.15) is 6.61 Å². The van der Waals surface area contributed by atoms with Crippen LogP contribution in [0.5, 0.6) is 6.01 Å². The van der Waals surface area contributed by atoms with E-state index in [9.17, 15) is 13.2 Å². The van der Waals surface area contributed by atoms with Gasteiger partial charge in [-0.05, 0) is 44.0 Å². The minimum Gasteiger partial charge on any atom is -0.462 e. The molecule has 184 valence electrons. The van der Waals surface area contributed by atoms with E-state index >= 15 is 0 Å². The molecule has 36 heavy (non-hydrogen) atoms. The number of nitrogens with zero attached hydrogens (tertiary/aromatic N) is 4. The van der Waals surface area contributed by atoms with Crippen LogP contribution in [0, 0.1) is 0 Å². The molecule has 0 unspecified atom stereocenters. The highest BCUT2D eigenvalue weighted by molar-refractivity contribution is 5.87. The molecule has 5 aromatic rings. The third-order valence-corrected chi connectivity index (χ3v) is 6.45. The molecular weight excluding hydrogens is 469 g/mol. The van der Waals surface area contributed by atoms with Crippen LogP contribution < -0.4 is 10.1 Å². The number of H-pyrrole nitrogens is 1. The molecule has 0 aliphatic carbocycles. The number of benzene rings is 2. The van der Waals surface area contributed by atoms with Gasteiger partial charge in [0.05, 0.1) is 11.1 Å². The van der Waals surface area contributed by atoms with Gasteiger partial charge in [-0.2, -0.15) is 18.2 Å². The number of aromatic nitrogens is 5. The minimum absolute atomic E-state index is 0.189. The van der Waals surface area contributed by atoms with E-state index in [1.807, 2.05) is 42.8 Å². The molecule has 0 fully saturated rings. The van der Waals surface area contributed by atoms with Gasteiger partial charge in [0.15, 0.2) is 22.8 Å². The zero-order valence-corrected chi connectivity index (χ0v) is 19.6. The molecule has 0 saturated heterocycles. The SMILES string of the molecule is CC1(C)COc2nc3c(NCCc4c[nH]c5ccccc45)nc(-c4cccc(C(F)(F)F)c4)nc3n21. The lowest BCUT2D eigenvalue weighted by Crippen LogP contribution is -2.26. The Labute approximate surface area is 204 Å². The quantitative estimate of drug-likeness (QED) is 0.325. The van der Waals surface area contributed by atoms with Gasteiger partial charge in [-0.25, -0.2) is 9.97 Å². The summed E-state index contributed by atoms with van der Waals surface area (Å²) in [5.74, 6) is 0.641. The Bertz CT molecular complexity index is 1600. The summed E-state index contributed by atoms with van der Waals surface area (Å²) in [5.41, 5.74) is 2.37. The molecule has 1 aliphatic rings. The predicted molar refractivity (Wildman–Crippen MR) is 131 cm³/mol. The van der Waals surface area contributed by atoms with E-state index in [-0.39, 0.29) is 11.4 Å². The second kappa shape index (κ2) is 7.97. The van der Waals surface area contributed by atoms with Crippen molar-refractivity contribution in [2.24, 2.45) is 0 Å². The molecule has 10 heteroatoms. The monoisotopic (exact) mass is 492 g/mol. The number of para-hydroxylation sites is 1. The Kier molecular flexibility index (Phi) is 4.96. The number of rotatable bonds is 5. The first-order valence-corrected chi connectivity index (χ1v) is 11.6. The maximum Gasteiger partial charge on any atom is 0.416 e. The highest BCUT2D eigenvalue weighted by Crippen LogP contribution is 2.38. The van der Waals surface area contributed by atoms with E-state index in [0.717, 1.165) is 28.6 Å². The number of alkyl halides is 3. The number of fused-ring (bicyclic) bond motifs is 4. The van der Waals surface area contributed by atoms with E-state index in [2.05, 4.69) is 31.3 Å². The first-order chi connectivity index (χ1) is 17.2. The topological polar surface area (TPSA) is 80.7 Å². The summed E-state index contributed by atoms with van der Waals surface area (Å²) < 4.78 is 47.8. The molecule has 6 rings (SSSR count). The zero-order valence-electron chi connectivity index (χ0n) is 19.6. The molecule has 0 amide bonds. The minimum atomic E-state index is -4.46. The first-order valence-electron chi connectivity index (χ1n) is 11.6.